The van der Waals surface area contributed by atoms with Gasteiger partial charge >= 0.3 is 5.97 Å². The Hall–Kier alpha value is -4.53. The van der Waals surface area contributed by atoms with Crippen molar-refractivity contribution in [2.24, 2.45) is 10.2 Å². The largest absolute Gasteiger partial charge is 0.505 e. The Labute approximate surface area is 223 Å². The molecule has 0 spiro atoms. The standard InChI is InChI=1S/C30H27FN4O4/c1-16-26(29(37)35(34-16)21-11-9-17-6-4-7-18(17)13-21)32-33-27-22-8-3-2-5-19(22)14-23(28(27)36)20-10-12-25(31)24(15-20)30(38)39/h9-15,34,36H,2-8H2,1H3,(H,38,39). The monoisotopic (exact) mass is 526 g/mol. The fourth-order valence-electron chi connectivity index (χ4n) is 5.69. The Kier molecular flexibility index (Phi) is 6.13. The van der Waals surface area contributed by atoms with E-state index in [2.05, 4.69) is 21.4 Å². The van der Waals surface area contributed by atoms with Gasteiger partial charge in [0.25, 0.3) is 5.56 Å². The lowest BCUT2D eigenvalue weighted by Crippen LogP contribution is -2.14. The summed E-state index contributed by atoms with van der Waals surface area (Å²) in [6, 6.07) is 11.5. The summed E-state index contributed by atoms with van der Waals surface area (Å²) in [6.45, 7) is 1.75. The molecule has 0 saturated heterocycles. The van der Waals surface area contributed by atoms with Crippen molar-refractivity contribution in [2.75, 3.05) is 0 Å². The molecule has 4 aromatic rings. The number of nitrogens with zero attached hydrogens (tertiary/aromatic N) is 3. The molecule has 39 heavy (non-hydrogen) atoms. The van der Waals surface area contributed by atoms with Gasteiger partial charge in [-0.2, -0.15) is 0 Å². The highest BCUT2D eigenvalue weighted by Crippen LogP contribution is 2.45. The van der Waals surface area contributed by atoms with Crippen LogP contribution in [-0.4, -0.2) is 26.0 Å². The summed E-state index contributed by atoms with van der Waals surface area (Å²) < 4.78 is 15.5. The highest BCUT2D eigenvalue weighted by Gasteiger charge is 2.23. The van der Waals surface area contributed by atoms with E-state index in [4.69, 9.17) is 0 Å². The maximum Gasteiger partial charge on any atom is 0.338 e. The van der Waals surface area contributed by atoms with Crippen LogP contribution in [0.5, 0.6) is 5.75 Å². The Bertz CT molecular complexity index is 1730. The van der Waals surface area contributed by atoms with E-state index >= 15 is 0 Å². The maximum atomic E-state index is 14.1. The third-order valence-electron chi connectivity index (χ3n) is 7.73. The van der Waals surface area contributed by atoms with Gasteiger partial charge in [-0.3, -0.25) is 9.89 Å². The molecule has 2 aliphatic rings. The first-order valence-corrected chi connectivity index (χ1v) is 13.1. The van der Waals surface area contributed by atoms with Crippen LogP contribution in [0.2, 0.25) is 0 Å². The average Bonchev–Trinajstić information content (AvgIpc) is 3.51. The second-order valence-electron chi connectivity index (χ2n) is 10.2. The number of H-pyrrole nitrogens is 1. The minimum atomic E-state index is -1.39. The molecule has 0 unspecified atom stereocenters. The molecule has 6 rings (SSSR count). The molecular formula is C30H27FN4O4. The summed E-state index contributed by atoms with van der Waals surface area (Å²) in [7, 11) is 0. The molecule has 3 aromatic carbocycles. The van der Waals surface area contributed by atoms with Crippen molar-refractivity contribution in [1.82, 2.24) is 9.78 Å². The Morgan fingerprint density at radius 3 is 2.49 bits per heavy atom. The Morgan fingerprint density at radius 1 is 0.923 bits per heavy atom. The predicted octanol–water partition coefficient (Wildman–Crippen LogP) is 6.47. The van der Waals surface area contributed by atoms with Crippen molar-refractivity contribution in [3.63, 3.8) is 0 Å². The Balaban J connectivity index is 1.44. The number of azo groups is 1. The maximum absolute atomic E-state index is 14.1. The third-order valence-corrected chi connectivity index (χ3v) is 7.73. The van der Waals surface area contributed by atoms with E-state index in [1.165, 1.54) is 27.9 Å². The number of fused-ring (bicyclic) bond motifs is 2. The molecule has 8 nitrogen and oxygen atoms in total. The number of aromatic hydroxyl groups is 1. The van der Waals surface area contributed by atoms with Crippen LogP contribution in [0.3, 0.4) is 0 Å². The molecule has 9 heteroatoms. The quantitative estimate of drug-likeness (QED) is 0.258. The van der Waals surface area contributed by atoms with Crippen molar-refractivity contribution < 1.29 is 19.4 Å². The Morgan fingerprint density at radius 2 is 1.67 bits per heavy atom. The van der Waals surface area contributed by atoms with Gasteiger partial charge in [0, 0.05) is 5.56 Å². The van der Waals surface area contributed by atoms with Crippen molar-refractivity contribution in [3.05, 3.63) is 92.1 Å². The number of rotatable bonds is 5. The number of carbonyl (C=O) groups is 1. The molecule has 0 saturated carbocycles. The lowest BCUT2D eigenvalue weighted by Gasteiger charge is -2.20. The van der Waals surface area contributed by atoms with Gasteiger partial charge in [-0.05, 0) is 110 Å². The van der Waals surface area contributed by atoms with Crippen molar-refractivity contribution in [3.8, 4) is 22.6 Å². The predicted molar refractivity (Wildman–Crippen MR) is 144 cm³/mol. The first-order valence-electron chi connectivity index (χ1n) is 13.1. The van der Waals surface area contributed by atoms with Gasteiger partial charge in [-0.1, -0.05) is 12.1 Å². The van der Waals surface area contributed by atoms with Gasteiger partial charge in [0.1, 0.15) is 11.5 Å². The van der Waals surface area contributed by atoms with Crippen LogP contribution in [0.25, 0.3) is 16.8 Å². The molecule has 3 N–H and O–H groups in total. The minimum absolute atomic E-state index is 0.139. The van der Waals surface area contributed by atoms with Crippen LogP contribution >= 0.6 is 0 Å². The number of benzene rings is 3. The number of aromatic carboxylic acids is 1. The number of carboxylic acids is 1. The fourth-order valence-corrected chi connectivity index (χ4v) is 5.69. The molecule has 0 amide bonds. The fraction of sp³-hybridized carbons (Fsp3) is 0.267. The third kappa shape index (κ3) is 4.33. The van der Waals surface area contributed by atoms with Crippen LogP contribution < -0.4 is 5.56 Å². The molecule has 0 bridgehead atoms. The van der Waals surface area contributed by atoms with Gasteiger partial charge < -0.3 is 10.2 Å². The number of nitrogens with one attached hydrogen (secondary N) is 1. The molecule has 1 heterocycles. The number of halogens is 1. The van der Waals surface area contributed by atoms with E-state index in [1.807, 2.05) is 18.2 Å². The number of hydrogen-bond acceptors (Lipinski definition) is 5. The number of phenols is 1. The lowest BCUT2D eigenvalue weighted by molar-refractivity contribution is 0.0692. The molecule has 0 fully saturated rings. The van der Waals surface area contributed by atoms with Crippen molar-refractivity contribution >= 4 is 17.3 Å². The van der Waals surface area contributed by atoms with E-state index in [1.54, 1.807) is 6.92 Å². The number of aromatic nitrogens is 2. The van der Waals surface area contributed by atoms with Gasteiger partial charge in [0.15, 0.2) is 11.4 Å². The molecule has 0 atom stereocenters. The van der Waals surface area contributed by atoms with Gasteiger partial charge in [-0.25, -0.2) is 13.9 Å². The zero-order chi connectivity index (χ0) is 27.3. The number of carboxylic acid groups (broad SMARTS) is 1. The van der Waals surface area contributed by atoms with Crippen LogP contribution in [0.4, 0.5) is 15.8 Å². The molecule has 0 aliphatic heterocycles. The first kappa shape index (κ1) is 24.8. The van der Waals surface area contributed by atoms with Crippen LogP contribution in [-0.2, 0) is 25.7 Å². The second-order valence-corrected chi connectivity index (χ2v) is 10.2. The van der Waals surface area contributed by atoms with E-state index in [0.717, 1.165) is 61.4 Å². The summed E-state index contributed by atoms with van der Waals surface area (Å²) in [5.41, 5.74) is 5.89. The zero-order valence-electron chi connectivity index (χ0n) is 21.4. The number of phenolic OH excluding ortho intramolecular Hbond substituents is 1. The number of hydrogen-bond donors (Lipinski definition) is 3. The molecule has 1 aromatic heterocycles. The first-order chi connectivity index (χ1) is 18.8. The van der Waals surface area contributed by atoms with E-state index in [9.17, 15) is 24.2 Å². The lowest BCUT2D eigenvalue weighted by atomic mass is 9.87. The van der Waals surface area contributed by atoms with E-state index in [0.29, 0.717) is 23.2 Å². The van der Waals surface area contributed by atoms with E-state index in [-0.39, 0.29) is 22.7 Å². The minimum Gasteiger partial charge on any atom is -0.505 e. The molecule has 0 radical (unpaired) electrons. The van der Waals surface area contributed by atoms with Crippen molar-refractivity contribution in [1.29, 1.82) is 0 Å². The van der Waals surface area contributed by atoms with Gasteiger partial charge in [-0.15, -0.1) is 10.2 Å². The molecular weight excluding hydrogens is 499 g/mol. The molecule has 198 valence electrons. The second kappa shape index (κ2) is 9.65. The SMILES string of the molecule is Cc1[nH]n(-c2ccc3c(c2)CCC3)c(=O)c1N=Nc1c(O)c(-c2ccc(F)c(C(=O)O)c2)cc2c1CCCC2. The highest BCUT2D eigenvalue weighted by molar-refractivity contribution is 5.91. The number of aromatic amines is 1. The highest BCUT2D eigenvalue weighted by atomic mass is 19.1. The summed E-state index contributed by atoms with van der Waals surface area (Å²) in [4.78, 5) is 24.8. The summed E-state index contributed by atoms with van der Waals surface area (Å²) >= 11 is 0. The number of aryl methyl sites for hydroxylation is 4. The van der Waals surface area contributed by atoms with Gasteiger partial charge in [0.2, 0.25) is 0 Å². The summed E-state index contributed by atoms with van der Waals surface area (Å²) in [5.74, 6) is -2.44. The van der Waals surface area contributed by atoms with E-state index < -0.39 is 17.3 Å². The van der Waals surface area contributed by atoms with Crippen molar-refractivity contribution in [2.45, 2.75) is 51.9 Å². The summed E-state index contributed by atoms with van der Waals surface area (Å²) in [6.07, 6.45) is 6.48. The molecule has 2 aliphatic carbocycles. The average molecular weight is 527 g/mol. The van der Waals surface area contributed by atoms with Gasteiger partial charge in [0.05, 0.1) is 16.9 Å². The zero-order valence-corrected chi connectivity index (χ0v) is 21.4. The normalized spacial score (nSPS) is 14.5. The van der Waals surface area contributed by atoms with Crippen LogP contribution in [0.15, 0.2) is 57.5 Å². The van der Waals surface area contributed by atoms with Crippen LogP contribution in [0.1, 0.15) is 57.6 Å². The topological polar surface area (TPSA) is 120 Å². The van der Waals surface area contributed by atoms with Crippen LogP contribution in [0, 0.1) is 12.7 Å². The smallest absolute Gasteiger partial charge is 0.338 e. The summed E-state index contributed by atoms with van der Waals surface area (Å²) in [5, 5.41) is 32.5.